The van der Waals surface area contributed by atoms with Crippen LogP contribution in [0.25, 0.3) is 0 Å². The van der Waals surface area contributed by atoms with Gasteiger partial charge in [0.2, 0.25) is 0 Å². The number of sulfonamides is 1. The first-order valence-electron chi connectivity index (χ1n) is 6.72. The molecule has 0 aliphatic heterocycles. The van der Waals surface area contributed by atoms with Crippen LogP contribution >= 0.6 is 0 Å². The Kier molecular flexibility index (Phi) is 4.87. The molecule has 113 valence electrons. The van der Waals surface area contributed by atoms with Crippen molar-refractivity contribution >= 4 is 34.4 Å². The van der Waals surface area contributed by atoms with Crippen molar-refractivity contribution in [2.24, 2.45) is 0 Å². The summed E-state index contributed by atoms with van der Waals surface area (Å²) in [6.45, 7) is 2.02. The van der Waals surface area contributed by atoms with Crippen LogP contribution in [-0.2, 0) is 10.0 Å². The molecule has 0 saturated heterocycles. The van der Waals surface area contributed by atoms with Crippen molar-refractivity contribution in [1.82, 2.24) is 0 Å². The molecule has 2 aromatic rings. The lowest BCUT2D eigenvalue weighted by molar-refractivity contribution is 0.0696. The Morgan fingerprint density at radius 1 is 1.18 bits per heavy atom. The number of anilines is 1. The number of hydrogen-bond acceptors (Lipinski definition) is 3. The minimum absolute atomic E-state index is 0.0734. The summed E-state index contributed by atoms with van der Waals surface area (Å²) < 4.78 is 27.0. The molecule has 5 nitrogen and oxygen atoms in total. The van der Waals surface area contributed by atoms with Crippen LogP contribution in [0.4, 0.5) is 5.69 Å². The first kappa shape index (κ1) is 16.1. The Morgan fingerprint density at radius 2 is 1.86 bits per heavy atom. The van der Waals surface area contributed by atoms with Gasteiger partial charge in [-0.3, -0.25) is 4.72 Å². The van der Waals surface area contributed by atoms with Crippen molar-refractivity contribution < 1.29 is 18.3 Å². The van der Waals surface area contributed by atoms with E-state index in [4.69, 9.17) is 5.11 Å². The predicted octanol–water partition coefficient (Wildman–Crippen LogP) is 1.95. The summed E-state index contributed by atoms with van der Waals surface area (Å²) in [5.41, 5.74) is 1.36. The molecule has 0 heterocycles. The zero-order valence-corrected chi connectivity index (χ0v) is 12.8. The van der Waals surface area contributed by atoms with Gasteiger partial charge in [-0.1, -0.05) is 36.9 Å². The van der Waals surface area contributed by atoms with Crippen molar-refractivity contribution in [3.63, 3.8) is 0 Å². The van der Waals surface area contributed by atoms with Crippen molar-refractivity contribution in [2.75, 3.05) is 4.72 Å². The standard InChI is InChI=1S/C15H15BNO4S/c1-2-16-12-6-8-13(9-7-12)17-22(20,21)14-5-3-4-11(10-14)15(18)19/h3-10,17H,2H2,1H3,(H,18,19). The molecule has 2 aromatic carbocycles. The molecular formula is C15H15BNO4S. The molecule has 0 aliphatic carbocycles. The van der Waals surface area contributed by atoms with E-state index in [0.29, 0.717) is 5.69 Å². The molecule has 0 fully saturated rings. The fourth-order valence-corrected chi connectivity index (χ4v) is 3.04. The number of aromatic carboxylic acids is 1. The van der Waals surface area contributed by atoms with Crippen LogP contribution in [0.2, 0.25) is 6.32 Å². The maximum atomic E-state index is 12.3. The Balaban J connectivity index is 2.23. The first-order chi connectivity index (χ1) is 10.4. The average Bonchev–Trinajstić information content (AvgIpc) is 2.49. The van der Waals surface area contributed by atoms with Gasteiger partial charge in [0, 0.05) is 5.69 Å². The molecule has 0 saturated carbocycles. The van der Waals surface area contributed by atoms with Gasteiger partial charge in [-0.15, -0.1) is 0 Å². The SMILES string of the molecule is CC[B]c1ccc(NS(=O)(=O)c2cccc(C(=O)O)c2)cc1. The normalized spacial score (nSPS) is 11.0. The molecule has 7 heteroatoms. The summed E-state index contributed by atoms with van der Waals surface area (Å²) >= 11 is 0. The van der Waals surface area contributed by atoms with Gasteiger partial charge >= 0.3 is 5.97 Å². The number of carboxylic acid groups (broad SMARTS) is 1. The molecule has 0 aliphatic rings. The molecule has 22 heavy (non-hydrogen) atoms. The van der Waals surface area contributed by atoms with Crippen molar-refractivity contribution in [3.8, 4) is 0 Å². The minimum Gasteiger partial charge on any atom is -0.478 e. The minimum atomic E-state index is -3.82. The molecule has 0 aromatic heterocycles. The lowest BCUT2D eigenvalue weighted by atomic mass is 9.68. The Bertz CT molecular complexity index is 772. The monoisotopic (exact) mass is 316 g/mol. The van der Waals surface area contributed by atoms with Gasteiger partial charge in [-0.25, -0.2) is 13.2 Å². The lowest BCUT2D eigenvalue weighted by Gasteiger charge is -2.09. The van der Waals surface area contributed by atoms with E-state index in [2.05, 4.69) is 4.72 Å². The Morgan fingerprint density at radius 3 is 2.45 bits per heavy atom. The van der Waals surface area contributed by atoms with Gasteiger partial charge < -0.3 is 5.11 Å². The van der Waals surface area contributed by atoms with Gasteiger partial charge in [0.05, 0.1) is 10.5 Å². The maximum absolute atomic E-state index is 12.3. The fraction of sp³-hybridized carbons (Fsp3) is 0.133. The van der Waals surface area contributed by atoms with E-state index in [-0.39, 0.29) is 10.5 Å². The summed E-state index contributed by atoms with van der Waals surface area (Å²) in [7, 11) is -1.80. The topological polar surface area (TPSA) is 83.5 Å². The van der Waals surface area contributed by atoms with E-state index in [1.54, 1.807) is 12.1 Å². The summed E-state index contributed by atoms with van der Waals surface area (Å²) in [4.78, 5) is 10.8. The van der Waals surface area contributed by atoms with Crippen molar-refractivity contribution in [1.29, 1.82) is 0 Å². The second kappa shape index (κ2) is 6.66. The highest BCUT2D eigenvalue weighted by Gasteiger charge is 2.16. The first-order valence-corrected chi connectivity index (χ1v) is 8.20. The summed E-state index contributed by atoms with van der Waals surface area (Å²) in [6, 6.07) is 12.2. The zero-order valence-electron chi connectivity index (χ0n) is 12.0. The highest BCUT2D eigenvalue weighted by molar-refractivity contribution is 7.92. The van der Waals surface area contributed by atoms with Crippen LogP contribution in [-0.4, -0.2) is 26.8 Å². The van der Waals surface area contributed by atoms with Crippen molar-refractivity contribution in [2.45, 2.75) is 18.1 Å². The van der Waals surface area contributed by atoms with E-state index in [1.807, 2.05) is 26.3 Å². The van der Waals surface area contributed by atoms with Crippen LogP contribution in [0.5, 0.6) is 0 Å². The van der Waals surface area contributed by atoms with Crippen LogP contribution in [0, 0.1) is 0 Å². The van der Waals surface area contributed by atoms with E-state index in [9.17, 15) is 13.2 Å². The fourth-order valence-electron chi connectivity index (χ4n) is 1.93. The number of benzene rings is 2. The Labute approximate surface area is 130 Å². The number of hydrogen-bond donors (Lipinski definition) is 2. The van der Waals surface area contributed by atoms with Crippen LogP contribution < -0.4 is 10.2 Å². The third-order valence-electron chi connectivity index (χ3n) is 2.99. The van der Waals surface area contributed by atoms with Gasteiger partial charge in [0.15, 0.2) is 7.28 Å². The third kappa shape index (κ3) is 3.88. The molecule has 0 amide bonds. The summed E-state index contributed by atoms with van der Waals surface area (Å²) in [5, 5.41) is 8.93. The highest BCUT2D eigenvalue weighted by atomic mass is 32.2. The second-order valence-electron chi connectivity index (χ2n) is 4.67. The van der Waals surface area contributed by atoms with Crippen LogP contribution in [0.1, 0.15) is 17.3 Å². The molecule has 0 bridgehead atoms. The largest absolute Gasteiger partial charge is 0.478 e. The smallest absolute Gasteiger partial charge is 0.335 e. The lowest BCUT2D eigenvalue weighted by Crippen LogP contribution is -2.16. The van der Waals surface area contributed by atoms with Crippen LogP contribution in [0.15, 0.2) is 53.4 Å². The van der Waals surface area contributed by atoms with Gasteiger partial charge in [0.25, 0.3) is 10.0 Å². The molecular weight excluding hydrogens is 301 g/mol. The number of carboxylic acids is 1. The quantitative estimate of drug-likeness (QED) is 0.798. The van der Waals surface area contributed by atoms with Gasteiger partial charge in [-0.05, 0) is 30.3 Å². The second-order valence-corrected chi connectivity index (χ2v) is 6.36. The van der Waals surface area contributed by atoms with Gasteiger partial charge in [-0.2, -0.15) is 0 Å². The highest BCUT2D eigenvalue weighted by Crippen LogP contribution is 2.16. The van der Waals surface area contributed by atoms with E-state index < -0.39 is 16.0 Å². The van der Waals surface area contributed by atoms with E-state index in [0.717, 1.165) is 17.8 Å². The summed E-state index contributed by atoms with van der Waals surface area (Å²) in [6.07, 6.45) is 0.896. The number of carbonyl (C=O) groups is 1. The maximum Gasteiger partial charge on any atom is 0.335 e. The molecule has 0 atom stereocenters. The Hall–Kier alpha value is -2.28. The third-order valence-corrected chi connectivity index (χ3v) is 4.37. The zero-order chi connectivity index (χ0) is 16.2. The average molecular weight is 316 g/mol. The van der Waals surface area contributed by atoms with Crippen LogP contribution in [0.3, 0.4) is 0 Å². The molecule has 0 spiro atoms. The molecule has 2 N–H and O–H groups in total. The van der Waals surface area contributed by atoms with Crippen molar-refractivity contribution in [3.05, 3.63) is 54.1 Å². The van der Waals surface area contributed by atoms with E-state index >= 15 is 0 Å². The van der Waals surface area contributed by atoms with Gasteiger partial charge in [0.1, 0.15) is 0 Å². The number of nitrogens with one attached hydrogen (secondary N) is 1. The predicted molar refractivity (Wildman–Crippen MR) is 86.5 cm³/mol. The molecule has 0 unspecified atom stereocenters. The number of rotatable bonds is 6. The van der Waals surface area contributed by atoms with E-state index in [1.165, 1.54) is 18.2 Å². The summed E-state index contributed by atoms with van der Waals surface area (Å²) in [5.74, 6) is -1.17. The molecule has 1 radical (unpaired) electrons. The molecule has 2 rings (SSSR count).